The second-order valence-corrected chi connectivity index (χ2v) is 9.25. The summed E-state index contributed by atoms with van der Waals surface area (Å²) in [6.45, 7) is 0.921. The number of amides is 1. The molecule has 1 aliphatic heterocycles. The molecule has 7 heteroatoms. The Morgan fingerprint density at radius 2 is 1.58 bits per heavy atom. The van der Waals surface area contributed by atoms with Crippen LogP contribution in [0.3, 0.4) is 0 Å². The van der Waals surface area contributed by atoms with Crippen LogP contribution < -0.4 is 4.72 Å². The summed E-state index contributed by atoms with van der Waals surface area (Å²) in [5.74, 6) is -1.17. The van der Waals surface area contributed by atoms with E-state index in [1.165, 1.54) is 23.8 Å². The van der Waals surface area contributed by atoms with Crippen molar-refractivity contribution in [2.24, 2.45) is 0 Å². The van der Waals surface area contributed by atoms with Gasteiger partial charge in [0.2, 0.25) is 15.9 Å². The average molecular weight is 439 g/mol. The summed E-state index contributed by atoms with van der Waals surface area (Å²) in [5.41, 5.74) is 3.06. The lowest BCUT2D eigenvalue weighted by molar-refractivity contribution is -0.133. The summed E-state index contributed by atoms with van der Waals surface area (Å²) in [7, 11) is -4.23. The van der Waals surface area contributed by atoms with E-state index < -0.39 is 26.8 Å². The molecule has 1 unspecified atom stereocenters. The van der Waals surface area contributed by atoms with Gasteiger partial charge in [-0.15, -0.1) is 0 Å². The molecule has 0 saturated heterocycles. The Labute approximate surface area is 181 Å². The number of fused-ring (bicyclic) bond motifs is 1. The van der Waals surface area contributed by atoms with Crippen molar-refractivity contribution in [1.82, 2.24) is 9.62 Å². The first-order chi connectivity index (χ1) is 14.9. The van der Waals surface area contributed by atoms with Crippen LogP contribution in [0.1, 0.15) is 16.7 Å². The lowest BCUT2D eigenvalue weighted by Gasteiger charge is -2.32. The fourth-order valence-corrected chi connectivity index (χ4v) is 5.12. The highest BCUT2D eigenvalue weighted by Gasteiger charge is 2.32. The van der Waals surface area contributed by atoms with E-state index in [0.29, 0.717) is 19.5 Å². The Balaban J connectivity index is 1.61. The van der Waals surface area contributed by atoms with Crippen LogP contribution in [0.15, 0.2) is 83.8 Å². The van der Waals surface area contributed by atoms with Crippen LogP contribution in [0.5, 0.6) is 0 Å². The second-order valence-electron chi connectivity index (χ2n) is 7.57. The third-order valence-electron chi connectivity index (χ3n) is 5.45. The molecule has 1 atom stereocenters. The van der Waals surface area contributed by atoms with Crippen molar-refractivity contribution in [3.63, 3.8) is 0 Å². The van der Waals surface area contributed by atoms with E-state index in [0.717, 1.165) is 17.2 Å². The van der Waals surface area contributed by atoms with Gasteiger partial charge in [0, 0.05) is 13.1 Å². The standard InChI is InChI=1S/C24H23FN2O3S/c25-21-12-6-7-13-23(21)31(29,30)26-22(16-18-8-2-1-3-9-18)24(28)27-15-14-19-10-4-5-11-20(19)17-27/h1-13,22,26H,14-17H2. The Hall–Kier alpha value is -3.03. The van der Waals surface area contributed by atoms with Crippen molar-refractivity contribution < 1.29 is 17.6 Å². The van der Waals surface area contributed by atoms with E-state index >= 15 is 0 Å². The van der Waals surface area contributed by atoms with E-state index in [1.54, 1.807) is 4.90 Å². The zero-order valence-electron chi connectivity index (χ0n) is 16.9. The second kappa shape index (κ2) is 8.99. The number of carbonyl (C=O) groups is 1. The van der Waals surface area contributed by atoms with Crippen LogP contribution in [0.4, 0.5) is 4.39 Å². The quantitative estimate of drug-likeness (QED) is 0.642. The molecular formula is C24H23FN2O3S. The highest BCUT2D eigenvalue weighted by atomic mass is 32.2. The van der Waals surface area contributed by atoms with Gasteiger partial charge in [-0.25, -0.2) is 12.8 Å². The first-order valence-corrected chi connectivity index (χ1v) is 11.6. The molecule has 1 amide bonds. The Morgan fingerprint density at radius 1 is 0.935 bits per heavy atom. The van der Waals surface area contributed by atoms with Crippen LogP contribution in [0, 0.1) is 5.82 Å². The molecule has 3 aromatic rings. The maximum atomic E-state index is 14.2. The number of carbonyl (C=O) groups excluding carboxylic acids is 1. The SMILES string of the molecule is O=C(C(Cc1ccccc1)NS(=O)(=O)c1ccccc1F)N1CCc2ccccc2C1. The fraction of sp³-hybridized carbons (Fsp3) is 0.208. The predicted molar refractivity (Wildman–Crippen MR) is 116 cm³/mol. The number of hydrogen-bond donors (Lipinski definition) is 1. The molecule has 5 nitrogen and oxygen atoms in total. The van der Waals surface area contributed by atoms with Crippen LogP contribution in [0.2, 0.25) is 0 Å². The van der Waals surface area contributed by atoms with Crippen LogP contribution in [0.25, 0.3) is 0 Å². The van der Waals surface area contributed by atoms with Gasteiger partial charge in [-0.05, 0) is 41.7 Å². The molecule has 4 rings (SSSR count). The van der Waals surface area contributed by atoms with Crippen molar-refractivity contribution in [3.8, 4) is 0 Å². The number of sulfonamides is 1. The maximum absolute atomic E-state index is 14.2. The number of halogens is 1. The predicted octanol–water partition coefficient (Wildman–Crippen LogP) is 3.30. The first-order valence-electron chi connectivity index (χ1n) is 10.1. The largest absolute Gasteiger partial charge is 0.337 e. The lowest BCUT2D eigenvalue weighted by atomic mass is 9.98. The molecule has 0 radical (unpaired) electrons. The fourth-order valence-electron chi connectivity index (χ4n) is 3.85. The topological polar surface area (TPSA) is 66.5 Å². The molecule has 160 valence electrons. The summed E-state index contributed by atoms with van der Waals surface area (Å²) >= 11 is 0. The van der Waals surface area contributed by atoms with Gasteiger partial charge in [-0.2, -0.15) is 4.72 Å². The van der Waals surface area contributed by atoms with Gasteiger partial charge in [0.15, 0.2) is 0 Å². The Morgan fingerprint density at radius 3 is 2.32 bits per heavy atom. The summed E-state index contributed by atoms with van der Waals surface area (Å²) in [6, 6.07) is 21.2. The number of nitrogens with zero attached hydrogens (tertiary/aromatic N) is 1. The normalized spacial score (nSPS) is 14.7. The summed E-state index contributed by atoms with van der Waals surface area (Å²) < 4.78 is 42.5. The van der Waals surface area contributed by atoms with Gasteiger partial charge in [-0.3, -0.25) is 4.79 Å². The molecular weight excluding hydrogens is 415 g/mol. The van der Waals surface area contributed by atoms with Crippen molar-refractivity contribution in [3.05, 3.63) is 101 Å². The highest BCUT2D eigenvalue weighted by Crippen LogP contribution is 2.21. The monoisotopic (exact) mass is 438 g/mol. The molecule has 0 saturated carbocycles. The highest BCUT2D eigenvalue weighted by molar-refractivity contribution is 7.89. The van der Waals surface area contributed by atoms with Crippen molar-refractivity contribution in [1.29, 1.82) is 0 Å². The van der Waals surface area contributed by atoms with E-state index in [9.17, 15) is 17.6 Å². The minimum absolute atomic E-state index is 0.172. The van der Waals surface area contributed by atoms with Gasteiger partial charge in [-0.1, -0.05) is 66.7 Å². The number of hydrogen-bond acceptors (Lipinski definition) is 3. The van der Waals surface area contributed by atoms with Crippen LogP contribution >= 0.6 is 0 Å². The van der Waals surface area contributed by atoms with Crippen LogP contribution in [-0.4, -0.2) is 31.8 Å². The number of nitrogens with one attached hydrogen (secondary N) is 1. The Kier molecular flexibility index (Phi) is 6.15. The van der Waals surface area contributed by atoms with Crippen molar-refractivity contribution in [2.45, 2.75) is 30.3 Å². The van der Waals surface area contributed by atoms with Crippen LogP contribution in [-0.2, 0) is 34.2 Å². The smallest absolute Gasteiger partial charge is 0.244 e. The van der Waals surface area contributed by atoms with E-state index in [4.69, 9.17) is 0 Å². The molecule has 1 aliphatic rings. The summed E-state index contributed by atoms with van der Waals surface area (Å²) in [6.07, 6.45) is 0.880. The average Bonchev–Trinajstić information content (AvgIpc) is 2.78. The van der Waals surface area contributed by atoms with Gasteiger partial charge in [0.05, 0.1) is 0 Å². The van der Waals surface area contributed by atoms with Gasteiger partial charge in [0.1, 0.15) is 16.8 Å². The lowest BCUT2D eigenvalue weighted by Crippen LogP contribution is -2.50. The molecule has 0 fully saturated rings. The summed E-state index contributed by atoms with van der Waals surface area (Å²) in [5, 5.41) is 0. The number of rotatable bonds is 6. The number of benzene rings is 3. The molecule has 3 aromatic carbocycles. The van der Waals surface area contributed by atoms with E-state index in [-0.39, 0.29) is 12.3 Å². The molecule has 0 bridgehead atoms. The third kappa shape index (κ3) is 4.84. The molecule has 0 aliphatic carbocycles. The third-order valence-corrected chi connectivity index (χ3v) is 6.95. The molecule has 1 N–H and O–H groups in total. The zero-order chi connectivity index (χ0) is 21.8. The minimum Gasteiger partial charge on any atom is -0.337 e. The summed E-state index contributed by atoms with van der Waals surface area (Å²) in [4.78, 5) is 14.6. The van der Waals surface area contributed by atoms with Gasteiger partial charge in [0.25, 0.3) is 0 Å². The van der Waals surface area contributed by atoms with Crippen molar-refractivity contribution >= 4 is 15.9 Å². The van der Waals surface area contributed by atoms with Crippen molar-refractivity contribution in [2.75, 3.05) is 6.54 Å². The molecule has 31 heavy (non-hydrogen) atoms. The minimum atomic E-state index is -4.23. The molecule has 0 spiro atoms. The van der Waals surface area contributed by atoms with Gasteiger partial charge >= 0.3 is 0 Å². The molecule has 1 heterocycles. The van der Waals surface area contributed by atoms with Gasteiger partial charge < -0.3 is 4.90 Å². The first kappa shape index (κ1) is 21.2. The van der Waals surface area contributed by atoms with E-state index in [2.05, 4.69) is 4.72 Å². The molecule has 0 aromatic heterocycles. The Bertz CT molecular complexity index is 1180. The maximum Gasteiger partial charge on any atom is 0.244 e. The van der Waals surface area contributed by atoms with E-state index in [1.807, 2.05) is 54.6 Å². The zero-order valence-corrected chi connectivity index (χ0v) is 17.7.